The van der Waals surface area contributed by atoms with E-state index in [4.69, 9.17) is 5.73 Å². The van der Waals surface area contributed by atoms with Gasteiger partial charge in [-0.3, -0.25) is 0 Å². The molecule has 1 aromatic rings. The van der Waals surface area contributed by atoms with Crippen molar-refractivity contribution in [3.05, 3.63) is 6.07 Å². The maximum atomic E-state index is 5.71. The third-order valence-corrected chi connectivity index (χ3v) is 4.23. The van der Waals surface area contributed by atoms with Crippen LogP contribution in [0, 0.1) is 0 Å². The summed E-state index contributed by atoms with van der Waals surface area (Å²) in [6.45, 7) is 3.97. The molecule has 1 saturated heterocycles. The molecule has 0 radical (unpaired) electrons. The lowest BCUT2D eigenvalue weighted by atomic mass is 10.2. The van der Waals surface area contributed by atoms with Crippen LogP contribution in [0.1, 0.15) is 26.2 Å². The molecule has 1 aromatic heterocycles. The van der Waals surface area contributed by atoms with Crippen molar-refractivity contribution >= 4 is 29.3 Å². The molecule has 18 heavy (non-hydrogen) atoms. The molecular formula is C12H21N5S. The number of nitrogens with one attached hydrogen (secondary N) is 2. The van der Waals surface area contributed by atoms with Gasteiger partial charge in [-0.15, -0.1) is 0 Å². The van der Waals surface area contributed by atoms with Crippen LogP contribution in [0.4, 0.5) is 17.6 Å². The minimum atomic E-state index is 0.317. The summed E-state index contributed by atoms with van der Waals surface area (Å²) in [7, 11) is 0. The SMILES string of the molecule is CCCNc1cc(NCC2CCCS2)nc(N)n1. The van der Waals surface area contributed by atoms with E-state index in [9.17, 15) is 0 Å². The number of hydrogen-bond acceptors (Lipinski definition) is 6. The standard InChI is InChI=1S/C12H21N5S/c1-2-5-14-10-7-11(17-12(13)16-10)15-8-9-4-3-6-18-9/h7,9H,2-6,8H2,1H3,(H4,13,14,15,16,17). The highest BCUT2D eigenvalue weighted by molar-refractivity contribution is 8.00. The van der Waals surface area contributed by atoms with Gasteiger partial charge in [-0.25, -0.2) is 0 Å². The molecule has 0 bridgehead atoms. The van der Waals surface area contributed by atoms with Gasteiger partial charge in [0, 0.05) is 24.4 Å². The summed E-state index contributed by atoms with van der Waals surface area (Å²) in [4.78, 5) is 8.37. The zero-order valence-corrected chi connectivity index (χ0v) is 11.6. The van der Waals surface area contributed by atoms with Gasteiger partial charge in [0.15, 0.2) is 0 Å². The molecule has 100 valence electrons. The number of nitrogen functional groups attached to an aromatic ring is 1. The molecule has 2 rings (SSSR count). The summed E-state index contributed by atoms with van der Waals surface area (Å²) in [6, 6.07) is 1.92. The van der Waals surface area contributed by atoms with Gasteiger partial charge in [0.05, 0.1) is 0 Å². The molecule has 1 aliphatic heterocycles. The summed E-state index contributed by atoms with van der Waals surface area (Å²) in [5.74, 6) is 3.21. The number of thioether (sulfide) groups is 1. The van der Waals surface area contributed by atoms with Crippen LogP contribution in [0.25, 0.3) is 0 Å². The Hall–Kier alpha value is -1.17. The van der Waals surface area contributed by atoms with Gasteiger partial charge in [-0.05, 0) is 25.0 Å². The number of anilines is 3. The third kappa shape index (κ3) is 3.94. The molecule has 2 heterocycles. The smallest absolute Gasteiger partial charge is 0.223 e. The number of rotatable bonds is 6. The molecule has 0 saturated carbocycles. The highest BCUT2D eigenvalue weighted by Crippen LogP contribution is 2.26. The fourth-order valence-electron chi connectivity index (χ4n) is 1.92. The van der Waals surface area contributed by atoms with Crippen molar-refractivity contribution in [3.63, 3.8) is 0 Å². The highest BCUT2D eigenvalue weighted by Gasteiger charge is 2.15. The minimum absolute atomic E-state index is 0.317. The summed E-state index contributed by atoms with van der Waals surface area (Å²) in [5.41, 5.74) is 5.71. The fraction of sp³-hybridized carbons (Fsp3) is 0.667. The van der Waals surface area contributed by atoms with Crippen molar-refractivity contribution in [2.45, 2.75) is 31.4 Å². The van der Waals surface area contributed by atoms with Crippen molar-refractivity contribution in [2.24, 2.45) is 0 Å². The van der Waals surface area contributed by atoms with Crippen molar-refractivity contribution in [3.8, 4) is 0 Å². The Balaban J connectivity index is 1.91. The Kier molecular flexibility index (Phi) is 4.92. The molecule has 5 nitrogen and oxygen atoms in total. The largest absolute Gasteiger partial charge is 0.370 e. The van der Waals surface area contributed by atoms with Crippen LogP contribution in [-0.2, 0) is 0 Å². The summed E-state index contributed by atoms with van der Waals surface area (Å²) >= 11 is 2.03. The number of nitrogens with two attached hydrogens (primary N) is 1. The topological polar surface area (TPSA) is 75.9 Å². The predicted molar refractivity (Wildman–Crippen MR) is 79.2 cm³/mol. The molecule has 0 aliphatic carbocycles. The van der Waals surface area contributed by atoms with E-state index in [-0.39, 0.29) is 0 Å². The maximum absolute atomic E-state index is 5.71. The summed E-state index contributed by atoms with van der Waals surface area (Å²) in [5, 5.41) is 7.28. The van der Waals surface area contributed by atoms with E-state index in [2.05, 4.69) is 27.5 Å². The van der Waals surface area contributed by atoms with Crippen molar-refractivity contribution < 1.29 is 0 Å². The molecule has 1 atom stereocenters. The maximum Gasteiger partial charge on any atom is 0.223 e. The van der Waals surface area contributed by atoms with Gasteiger partial charge >= 0.3 is 0 Å². The van der Waals surface area contributed by atoms with E-state index >= 15 is 0 Å². The number of nitrogens with zero attached hydrogens (tertiary/aromatic N) is 2. The molecule has 1 fully saturated rings. The summed E-state index contributed by atoms with van der Waals surface area (Å²) in [6.07, 6.45) is 3.68. The first-order chi connectivity index (χ1) is 8.78. The van der Waals surface area contributed by atoms with E-state index < -0.39 is 0 Å². The van der Waals surface area contributed by atoms with Crippen LogP contribution in [0.15, 0.2) is 6.07 Å². The van der Waals surface area contributed by atoms with Gasteiger partial charge in [0.25, 0.3) is 0 Å². The minimum Gasteiger partial charge on any atom is -0.370 e. The second-order valence-corrected chi connectivity index (χ2v) is 5.85. The normalized spacial score (nSPS) is 18.8. The molecule has 1 aliphatic rings. The van der Waals surface area contributed by atoms with Crippen molar-refractivity contribution in [1.82, 2.24) is 9.97 Å². The first-order valence-corrected chi connectivity index (χ1v) is 7.56. The molecule has 4 N–H and O–H groups in total. The average molecular weight is 267 g/mol. The van der Waals surface area contributed by atoms with Crippen LogP contribution in [-0.4, -0.2) is 34.1 Å². The average Bonchev–Trinajstić information content (AvgIpc) is 2.86. The first-order valence-electron chi connectivity index (χ1n) is 6.52. The lowest BCUT2D eigenvalue weighted by Gasteiger charge is -2.12. The Morgan fingerprint density at radius 3 is 2.83 bits per heavy atom. The Bertz CT molecular complexity index is 379. The van der Waals surface area contributed by atoms with Gasteiger partial charge in [0.2, 0.25) is 5.95 Å². The highest BCUT2D eigenvalue weighted by atomic mass is 32.2. The number of hydrogen-bond donors (Lipinski definition) is 3. The second kappa shape index (κ2) is 6.68. The molecule has 0 spiro atoms. The van der Waals surface area contributed by atoms with E-state index in [1.807, 2.05) is 17.8 Å². The predicted octanol–water partition coefficient (Wildman–Crippen LogP) is 2.19. The summed E-state index contributed by atoms with van der Waals surface area (Å²) < 4.78 is 0. The monoisotopic (exact) mass is 267 g/mol. The number of aromatic nitrogens is 2. The molecule has 0 amide bonds. The zero-order chi connectivity index (χ0) is 12.8. The van der Waals surface area contributed by atoms with Gasteiger partial charge < -0.3 is 16.4 Å². The molecule has 1 unspecified atom stereocenters. The Labute approximate surface area is 112 Å². The van der Waals surface area contributed by atoms with Gasteiger partial charge in [-0.2, -0.15) is 21.7 Å². The van der Waals surface area contributed by atoms with Crippen LogP contribution in [0.3, 0.4) is 0 Å². The lowest BCUT2D eigenvalue weighted by molar-refractivity contribution is 0.803. The van der Waals surface area contributed by atoms with Gasteiger partial charge in [0.1, 0.15) is 11.6 Å². The van der Waals surface area contributed by atoms with Crippen LogP contribution in [0.2, 0.25) is 0 Å². The zero-order valence-electron chi connectivity index (χ0n) is 10.8. The van der Waals surface area contributed by atoms with Crippen LogP contribution >= 0.6 is 11.8 Å². The fourth-order valence-corrected chi connectivity index (χ4v) is 3.12. The second-order valence-electron chi connectivity index (χ2n) is 4.44. The van der Waals surface area contributed by atoms with Crippen molar-refractivity contribution in [1.29, 1.82) is 0 Å². The molecule has 0 aromatic carbocycles. The van der Waals surface area contributed by atoms with Gasteiger partial charge in [-0.1, -0.05) is 6.92 Å². The van der Waals surface area contributed by atoms with E-state index in [0.717, 1.165) is 31.1 Å². The first kappa shape index (κ1) is 13.3. The van der Waals surface area contributed by atoms with E-state index in [0.29, 0.717) is 11.2 Å². The molecular weight excluding hydrogens is 246 g/mol. The van der Waals surface area contributed by atoms with E-state index in [1.54, 1.807) is 0 Å². The quantitative estimate of drug-likeness (QED) is 0.733. The Morgan fingerprint density at radius 2 is 2.17 bits per heavy atom. The molecule has 6 heteroatoms. The van der Waals surface area contributed by atoms with E-state index in [1.165, 1.54) is 18.6 Å². The van der Waals surface area contributed by atoms with Crippen LogP contribution in [0.5, 0.6) is 0 Å². The lowest BCUT2D eigenvalue weighted by Crippen LogP contribution is -2.15. The van der Waals surface area contributed by atoms with Crippen LogP contribution < -0.4 is 16.4 Å². The Morgan fingerprint density at radius 1 is 1.39 bits per heavy atom. The van der Waals surface area contributed by atoms with Crippen molar-refractivity contribution in [2.75, 3.05) is 35.2 Å². The third-order valence-electron chi connectivity index (χ3n) is 2.83.